The van der Waals surface area contributed by atoms with Crippen LogP contribution in [0.25, 0.3) is 5.57 Å². The van der Waals surface area contributed by atoms with Gasteiger partial charge in [-0.2, -0.15) is 4.99 Å². The number of carbonyl (C=O) groups excluding carboxylic acids is 1. The summed E-state index contributed by atoms with van der Waals surface area (Å²) in [5, 5.41) is 3.26. The topological polar surface area (TPSA) is 54.8 Å². The zero-order valence-electron chi connectivity index (χ0n) is 13.9. The Bertz CT molecular complexity index is 838. The number of aryl methyl sites for hydroxylation is 1. The highest BCUT2D eigenvalue weighted by atomic mass is 32.2. The summed E-state index contributed by atoms with van der Waals surface area (Å²) in [6, 6.07) is 7.68. The molecule has 0 radical (unpaired) electrons. The molecule has 124 valence electrons. The van der Waals surface area contributed by atoms with Crippen molar-refractivity contribution in [3.05, 3.63) is 45.8 Å². The van der Waals surface area contributed by atoms with Gasteiger partial charge in [-0.05, 0) is 48.9 Å². The van der Waals surface area contributed by atoms with Gasteiger partial charge in [0.15, 0.2) is 5.17 Å². The molecule has 0 spiro atoms. The van der Waals surface area contributed by atoms with Crippen LogP contribution in [0.15, 0.2) is 39.5 Å². The average Bonchev–Trinajstić information content (AvgIpc) is 3.12. The number of amidine groups is 1. The summed E-state index contributed by atoms with van der Waals surface area (Å²) in [5.74, 6) is 0.751. The molecular weight excluding hydrogens is 342 g/mol. The van der Waals surface area contributed by atoms with Crippen LogP contribution in [-0.4, -0.2) is 35.1 Å². The Hall–Kier alpha value is -2.12. The number of allylic oxidation sites excluding steroid dienone is 1. The number of thiazole rings is 1. The van der Waals surface area contributed by atoms with E-state index in [1.807, 2.05) is 43.5 Å². The molecule has 0 saturated carbocycles. The Kier molecular flexibility index (Phi) is 4.73. The van der Waals surface area contributed by atoms with Crippen molar-refractivity contribution in [3.8, 4) is 5.75 Å². The molecule has 1 aliphatic heterocycles. The molecule has 0 aliphatic carbocycles. The van der Waals surface area contributed by atoms with Gasteiger partial charge < -0.3 is 4.74 Å². The van der Waals surface area contributed by atoms with E-state index in [2.05, 4.69) is 9.98 Å². The van der Waals surface area contributed by atoms with E-state index < -0.39 is 0 Å². The monoisotopic (exact) mass is 359 g/mol. The summed E-state index contributed by atoms with van der Waals surface area (Å²) in [6.07, 6.45) is 0. The molecule has 0 bridgehead atoms. The second-order valence-corrected chi connectivity index (χ2v) is 7.13. The van der Waals surface area contributed by atoms with E-state index >= 15 is 0 Å². The highest BCUT2D eigenvalue weighted by molar-refractivity contribution is 8.18. The average molecular weight is 359 g/mol. The zero-order valence-corrected chi connectivity index (χ0v) is 15.5. The molecule has 1 aromatic heterocycles. The van der Waals surface area contributed by atoms with Gasteiger partial charge in [0.2, 0.25) is 5.13 Å². The summed E-state index contributed by atoms with van der Waals surface area (Å²) < 4.78 is 5.18. The minimum absolute atomic E-state index is 0.0413. The van der Waals surface area contributed by atoms with Gasteiger partial charge in [-0.1, -0.05) is 12.1 Å². The minimum atomic E-state index is -0.0413. The maximum atomic E-state index is 12.6. The summed E-state index contributed by atoms with van der Waals surface area (Å²) >= 11 is 2.86. The zero-order chi connectivity index (χ0) is 17.3. The van der Waals surface area contributed by atoms with Gasteiger partial charge in [0.1, 0.15) is 5.75 Å². The number of likely N-dealkylation sites (N-methyl/N-ethyl adjacent to an activating group) is 1. The lowest BCUT2D eigenvalue weighted by atomic mass is 10.1. The number of rotatable bonds is 3. The molecule has 2 heterocycles. The van der Waals surface area contributed by atoms with Gasteiger partial charge in [-0.25, -0.2) is 4.98 Å². The molecule has 1 amide bonds. The summed E-state index contributed by atoms with van der Waals surface area (Å²) in [5.41, 5.74) is 2.85. The van der Waals surface area contributed by atoms with Crippen molar-refractivity contribution in [3.63, 3.8) is 0 Å². The fourth-order valence-electron chi connectivity index (χ4n) is 2.22. The number of aliphatic imine (C=N–C) groups is 1. The van der Waals surface area contributed by atoms with E-state index in [-0.39, 0.29) is 5.91 Å². The fraction of sp³-hybridized carbons (Fsp3) is 0.235. The second-order valence-electron chi connectivity index (χ2n) is 5.31. The van der Waals surface area contributed by atoms with Crippen LogP contribution < -0.4 is 4.74 Å². The van der Waals surface area contributed by atoms with Crippen LogP contribution >= 0.6 is 23.1 Å². The molecule has 24 heavy (non-hydrogen) atoms. The molecule has 7 heteroatoms. The highest BCUT2D eigenvalue weighted by Crippen LogP contribution is 2.37. The van der Waals surface area contributed by atoms with Crippen molar-refractivity contribution in [2.24, 2.45) is 4.99 Å². The first-order valence-electron chi connectivity index (χ1n) is 7.31. The lowest BCUT2D eigenvalue weighted by Crippen LogP contribution is -2.23. The molecule has 1 aliphatic rings. The van der Waals surface area contributed by atoms with Gasteiger partial charge in [0, 0.05) is 12.4 Å². The maximum absolute atomic E-state index is 12.6. The van der Waals surface area contributed by atoms with E-state index in [0.29, 0.717) is 15.2 Å². The van der Waals surface area contributed by atoms with Crippen LogP contribution in [0.4, 0.5) is 5.13 Å². The van der Waals surface area contributed by atoms with Crippen molar-refractivity contribution in [2.75, 3.05) is 14.2 Å². The minimum Gasteiger partial charge on any atom is -0.497 e. The van der Waals surface area contributed by atoms with Crippen molar-refractivity contribution in [2.45, 2.75) is 13.8 Å². The highest BCUT2D eigenvalue weighted by Gasteiger charge is 2.32. The Morgan fingerprint density at radius 2 is 2.00 bits per heavy atom. The van der Waals surface area contributed by atoms with Crippen molar-refractivity contribution in [1.29, 1.82) is 0 Å². The van der Waals surface area contributed by atoms with Gasteiger partial charge >= 0.3 is 0 Å². The Balaban J connectivity index is 1.93. The number of thioether (sulfide) groups is 1. The van der Waals surface area contributed by atoms with Crippen LogP contribution in [-0.2, 0) is 4.79 Å². The third kappa shape index (κ3) is 3.22. The molecular formula is C17H17N3O2S2. The number of aromatic nitrogens is 1. The number of nitrogens with zero attached hydrogens (tertiary/aromatic N) is 3. The SMILES string of the molecule is COc1ccc(/C(C)=C2\S/C(=N/c3nc(C)cs3)N(C)C2=O)cc1. The third-order valence-electron chi connectivity index (χ3n) is 3.64. The van der Waals surface area contributed by atoms with Crippen molar-refractivity contribution < 1.29 is 9.53 Å². The van der Waals surface area contributed by atoms with Gasteiger partial charge in [-0.3, -0.25) is 9.69 Å². The first kappa shape index (κ1) is 16.7. The van der Waals surface area contributed by atoms with Crippen LogP contribution in [0.5, 0.6) is 5.75 Å². The second kappa shape index (κ2) is 6.78. The van der Waals surface area contributed by atoms with Crippen LogP contribution in [0.2, 0.25) is 0 Å². The number of methoxy groups -OCH3 is 1. The maximum Gasteiger partial charge on any atom is 0.266 e. The Morgan fingerprint density at radius 1 is 1.29 bits per heavy atom. The summed E-state index contributed by atoms with van der Waals surface area (Å²) in [7, 11) is 3.37. The van der Waals surface area contributed by atoms with E-state index in [9.17, 15) is 4.79 Å². The number of hydrogen-bond acceptors (Lipinski definition) is 6. The first-order chi connectivity index (χ1) is 11.5. The smallest absolute Gasteiger partial charge is 0.266 e. The van der Waals surface area contributed by atoms with E-state index in [1.165, 1.54) is 23.1 Å². The number of amides is 1. The lowest BCUT2D eigenvalue weighted by Gasteiger charge is -2.07. The molecule has 1 fully saturated rings. The molecule has 1 saturated heterocycles. The van der Waals surface area contributed by atoms with Gasteiger partial charge in [0.25, 0.3) is 5.91 Å². The van der Waals surface area contributed by atoms with Crippen LogP contribution in [0, 0.1) is 6.92 Å². The molecule has 0 unspecified atom stereocenters. The predicted octanol–water partition coefficient (Wildman–Crippen LogP) is 4.08. The van der Waals surface area contributed by atoms with Crippen molar-refractivity contribution >= 4 is 44.9 Å². The number of hydrogen-bond donors (Lipinski definition) is 0. The quantitative estimate of drug-likeness (QED) is 0.775. The predicted molar refractivity (Wildman–Crippen MR) is 99.9 cm³/mol. The molecule has 1 aromatic carbocycles. The van der Waals surface area contributed by atoms with E-state index in [4.69, 9.17) is 4.74 Å². The number of ether oxygens (including phenoxy) is 1. The van der Waals surface area contributed by atoms with E-state index in [0.717, 1.165) is 22.6 Å². The normalized spacial score (nSPS) is 18.4. The number of carbonyl (C=O) groups is 1. The Morgan fingerprint density at radius 3 is 2.58 bits per heavy atom. The molecule has 5 nitrogen and oxygen atoms in total. The van der Waals surface area contributed by atoms with Crippen molar-refractivity contribution in [1.82, 2.24) is 9.88 Å². The largest absolute Gasteiger partial charge is 0.497 e. The molecule has 0 atom stereocenters. The Labute approximate surface area is 149 Å². The summed E-state index contributed by atoms with van der Waals surface area (Å²) in [6.45, 7) is 3.88. The standard InChI is InChI=1S/C17H17N3O2S2/c1-10-9-23-16(18-10)19-17-20(3)15(21)14(24-17)11(2)12-5-7-13(22-4)8-6-12/h5-9H,1-4H3/b14-11-,19-17+. The van der Waals surface area contributed by atoms with Gasteiger partial charge in [0.05, 0.1) is 17.7 Å². The third-order valence-corrected chi connectivity index (χ3v) is 5.73. The lowest BCUT2D eigenvalue weighted by molar-refractivity contribution is -0.121. The van der Waals surface area contributed by atoms with Gasteiger partial charge in [-0.15, -0.1) is 11.3 Å². The van der Waals surface area contributed by atoms with Crippen LogP contribution in [0.1, 0.15) is 18.2 Å². The van der Waals surface area contributed by atoms with E-state index in [1.54, 1.807) is 19.1 Å². The fourth-order valence-corrected chi connectivity index (χ4v) is 3.98. The molecule has 0 N–H and O–H groups in total. The molecule has 3 rings (SSSR count). The first-order valence-corrected chi connectivity index (χ1v) is 9.01. The van der Waals surface area contributed by atoms with Crippen LogP contribution in [0.3, 0.4) is 0 Å². The summed E-state index contributed by atoms with van der Waals surface area (Å²) in [4.78, 5) is 23.7. The number of benzene rings is 1. The molecule has 2 aromatic rings.